The molecule has 1 atom stereocenters. The third-order valence-electron chi connectivity index (χ3n) is 3.70. The van der Waals surface area contributed by atoms with Gasteiger partial charge in [0.2, 0.25) is 0 Å². The van der Waals surface area contributed by atoms with E-state index >= 15 is 0 Å². The summed E-state index contributed by atoms with van der Waals surface area (Å²) in [6.07, 6.45) is 2.44. The number of para-hydroxylation sites is 1. The number of hydrogen-bond acceptors (Lipinski definition) is 2. The molecule has 0 aliphatic rings. The van der Waals surface area contributed by atoms with Gasteiger partial charge in [0.05, 0.1) is 5.56 Å². The Morgan fingerprint density at radius 1 is 1.35 bits per heavy atom. The van der Waals surface area contributed by atoms with Crippen molar-refractivity contribution in [3.63, 3.8) is 0 Å². The van der Waals surface area contributed by atoms with E-state index in [1.54, 1.807) is 0 Å². The third-order valence-corrected chi connectivity index (χ3v) is 3.70. The Morgan fingerprint density at radius 2 is 2.05 bits per heavy atom. The maximum absolute atomic E-state index is 12.5. The van der Waals surface area contributed by atoms with Gasteiger partial charge in [-0.05, 0) is 18.4 Å². The van der Waals surface area contributed by atoms with Crippen molar-refractivity contribution in [2.45, 2.75) is 26.3 Å². The number of aliphatic hydroxyl groups excluding tert-OH is 1. The number of aliphatic hydroxyl groups is 1. The number of nitrogens with one attached hydrogen (secondary N) is 1. The number of hydrogen-bond donors (Lipinski definition) is 2. The van der Waals surface area contributed by atoms with Crippen molar-refractivity contribution in [1.29, 1.82) is 0 Å². The van der Waals surface area contributed by atoms with Crippen LogP contribution in [0.5, 0.6) is 0 Å². The predicted molar refractivity (Wildman–Crippen MR) is 80.7 cm³/mol. The highest BCUT2D eigenvalue weighted by molar-refractivity contribution is 6.07. The molecule has 0 saturated carbocycles. The smallest absolute Gasteiger partial charge is 0.253 e. The molecule has 1 amide bonds. The number of carbonyl (C=O) groups is 1. The molecule has 0 bridgehead atoms. The molecule has 1 unspecified atom stereocenters. The van der Waals surface area contributed by atoms with Crippen molar-refractivity contribution in [3.8, 4) is 0 Å². The Hall–Kier alpha value is -1.81. The van der Waals surface area contributed by atoms with Gasteiger partial charge in [0.25, 0.3) is 5.91 Å². The van der Waals surface area contributed by atoms with E-state index in [0.29, 0.717) is 17.9 Å². The molecule has 0 spiro atoms. The number of aryl methyl sites for hydroxylation is 1. The van der Waals surface area contributed by atoms with Gasteiger partial charge in [0.15, 0.2) is 0 Å². The molecule has 0 radical (unpaired) electrons. The molecule has 0 saturated heterocycles. The Labute approximate surface area is 119 Å². The molecule has 0 aliphatic carbocycles. The second-order valence-electron chi connectivity index (χ2n) is 5.51. The molecule has 1 aromatic carbocycles. The lowest BCUT2D eigenvalue weighted by Gasteiger charge is -2.21. The quantitative estimate of drug-likeness (QED) is 0.879. The van der Waals surface area contributed by atoms with Crippen molar-refractivity contribution >= 4 is 16.8 Å². The maximum Gasteiger partial charge on any atom is 0.253 e. The van der Waals surface area contributed by atoms with Crippen LogP contribution in [0.1, 0.15) is 30.6 Å². The van der Waals surface area contributed by atoms with Gasteiger partial charge < -0.3 is 15.0 Å². The predicted octanol–water partition coefficient (Wildman–Crippen LogP) is 2.32. The number of benzene rings is 1. The average Bonchev–Trinajstić information content (AvgIpc) is 2.76. The summed E-state index contributed by atoms with van der Waals surface area (Å²) in [7, 11) is 1.94. The first-order valence-corrected chi connectivity index (χ1v) is 7.00. The number of aromatic nitrogens is 1. The number of carbonyl (C=O) groups excluding carboxylic acids is 1. The zero-order valence-corrected chi connectivity index (χ0v) is 12.3. The zero-order chi connectivity index (χ0) is 14.7. The van der Waals surface area contributed by atoms with Crippen LogP contribution >= 0.6 is 0 Å². The third kappa shape index (κ3) is 2.85. The van der Waals surface area contributed by atoms with Gasteiger partial charge in [-0.3, -0.25) is 4.79 Å². The molecule has 0 aliphatic heterocycles. The van der Waals surface area contributed by atoms with Crippen LogP contribution in [0, 0.1) is 5.92 Å². The molecule has 2 rings (SSSR count). The Balaban J connectivity index is 2.27. The molecule has 4 nitrogen and oxygen atoms in total. The summed E-state index contributed by atoms with van der Waals surface area (Å²) in [5, 5.41) is 13.1. The summed E-state index contributed by atoms with van der Waals surface area (Å²) in [5.41, 5.74) is 1.73. The fourth-order valence-electron chi connectivity index (χ4n) is 2.48. The van der Waals surface area contributed by atoms with Crippen molar-refractivity contribution in [2.75, 3.05) is 6.61 Å². The standard InChI is InChI=1S/C16H22N2O2/c1-11(2)14(8-9-19)17-16(20)13-10-18(3)15-7-5-4-6-12(13)15/h4-7,10-11,14,19H,8-9H2,1-3H3,(H,17,20). The van der Waals surface area contributed by atoms with Crippen LogP contribution in [0.4, 0.5) is 0 Å². The molecule has 20 heavy (non-hydrogen) atoms. The maximum atomic E-state index is 12.5. The van der Waals surface area contributed by atoms with E-state index in [4.69, 9.17) is 5.11 Å². The second-order valence-corrected chi connectivity index (χ2v) is 5.51. The lowest BCUT2D eigenvalue weighted by molar-refractivity contribution is 0.0918. The number of fused-ring (bicyclic) bond motifs is 1. The molecule has 108 valence electrons. The Kier molecular flexibility index (Phi) is 4.45. The van der Waals surface area contributed by atoms with Crippen LogP contribution in [0.2, 0.25) is 0 Å². The summed E-state index contributed by atoms with van der Waals surface area (Å²) in [4.78, 5) is 12.5. The van der Waals surface area contributed by atoms with Gasteiger partial charge in [-0.2, -0.15) is 0 Å². The normalized spacial score (nSPS) is 12.8. The van der Waals surface area contributed by atoms with Gasteiger partial charge in [0, 0.05) is 36.8 Å². The molecule has 1 heterocycles. The number of amides is 1. The zero-order valence-electron chi connectivity index (χ0n) is 12.3. The van der Waals surface area contributed by atoms with E-state index in [9.17, 15) is 4.79 Å². The van der Waals surface area contributed by atoms with Crippen LogP contribution in [0.3, 0.4) is 0 Å². The van der Waals surface area contributed by atoms with Crippen molar-refractivity contribution in [2.24, 2.45) is 13.0 Å². The molecule has 0 fully saturated rings. The van der Waals surface area contributed by atoms with Crippen LogP contribution in [0.25, 0.3) is 10.9 Å². The average molecular weight is 274 g/mol. The minimum atomic E-state index is -0.0750. The lowest BCUT2D eigenvalue weighted by atomic mass is 10.0. The van der Waals surface area contributed by atoms with Gasteiger partial charge in [-0.15, -0.1) is 0 Å². The van der Waals surface area contributed by atoms with Crippen molar-refractivity contribution in [3.05, 3.63) is 36.0 Å². The highest BCUT2D eigenvalue weighted by Gasteiger charge is 2.19. The molecule has 1 aromatic heterocycles. The van der Waals surface area contributed by atoms with Crippen LogP contribution in [-0.2, 0) is 7.05 Å². The highest BCUT2D eigenvalue weighted by atomic mass is 16.3. The molecular formula is C16H22N2O2. The fourth-order valence-corrected chi connectivity index (χ4v) is 2.48. The van der Waals surface area contributed by atoms with Crippen molar-refractivity contribution < 1.29 is 9.90 Å². The van der Waals surface area contributed by atoms with Gasteiger partial charge in [0.1, 0.15) is 0 Å². The van der Waals surface area contributed by atoms with Gasteiger partial charge in [-0.1, -0.05) is 32.0 Å². The summed E-state index contributed by atoms with van der Waals surface area (Å²) in [5.74, 6) is 0.218. The van der Waals surface area contributed by atoms with E-state index < -0.39 is 0 Å². The molecule has 2 N–H and O–H groups in total. The second kappa shape index (κ2) is 6.09. The van der Waals surface area contributed by atoms with E-state index in [1.807, 2.05) is 55.9 Å². The Bertz CT molecular complexity index is 602. The monoisotopic (exact) mass is 274 g/mol. The highest BCUT2D eigenvalue weighted by Crippen LogP contribution is 2.20. The number of rotatable bonds is 5. The Morgan fingerprint density at radius 3 is 2.70 bits per heavy atom. The largest absolute Gasteiger partial charge is 0.396 e. The SMILES string of the molecule is CC(C)C(CCO)NC(=O)c1cn(C)c2ccccc12. The first-order chi connectivity index (χ1) is 9.54. The lowest BCUT2D eigenvalue weighted by Crippen LogP contribution is -2.39. The summed E-state index contributed by atoms with van der Waals surface area (Å²) >= 11 is 0. The van der Waals surface area contributed by atoms with E-state index in [1.165, 1.54) is 0 Å². The van der Waals surface area contributed by atoms with Crippen LogP contribution in [-0.4, -0.2) is 28.2 Å². The minimum Gasteiger partial charge on any atom is -0.396 e. The molecule has 4 heteroatoms. The summed E-state index contributed by atoms with van der Waals surface area (Å²) in [6, 6.07) is 7.85. The molecule has 2 aromatic rings. The fraction of sp³-hybridized carbons (Fsp3) is 0.438. The first-order valence-electron chi connectivity index (χ1n) is 7.00. The van der Waals surface area contributed by atoms with E-state index in [-0.39, 0.29) is 18.6 Å². The van der Waals surface area contributed by atoms with Gasteiger partial charge in [-0.25, -0.2) is 0 Å². The van der Waals surface area contributed by atoms with Crippen molar-refractivity contribution in [1.82, 2.24) is 9.88 Å². The van der Waals surface area contributed by atoms with E-state index in [2.05, 4.69) is 5.32 Å². The van der Waals surface area contributed by atoms with E-state index in [0.717, 1.165) is 10.9 Å². The van der Waals surface area contributed by atoms with Gasteiger partial charge >= 0.3 is 0 Å². The summed E-state index contributed by atoms with van der Waals surface area (Å²) < 4.78 is 1.96. The number of nitrogens with zero attached hydrogens (tertiary/aromatic N) is 1. The first kappa shape index (κ1) is 14.6. The topological polar surface area (TPSA) is 54.3 Å². The van der Waals surface area contributed by atoms with Crippen LogP contribution in [0.15, 0.2) is 30.5 Å². The molecular weight excluding hydrogens is 252 g/mol. The minimum absolute atomic E-state index is 0.00790. The summed E-state index contributed by atoms with van der Waals surface area (Å²) in [6.45, 7) is 4.17. The van der Waals surface area contributed by atoms with Crippen LogP contribution < -0.4 is 5.32 Å².